The third kappa shape index (κ3) is 4.29. The maximum atomic E-state index is 13.0. The van der Waals surface area contributed by atoms with Crippen molar-refractivity contribution >= 4 is 23.3 Å². The van der Waals surface area contributed by atoms with Crippen molar-refractivity contribution in [3.63, 3.8) is 0 Å². The molecule has 2 aromatic rings. The van der Waals surface area contributed by atoms with Gasteiger partial charge in [0.15, 0.2) is 0 Å². The number of nitrogens with zero attached hydrogens (tertiary/aromatic N) is 4. The van der Waals surface area contributed by atoms with E-state index in [4.69, 9.17) is 0 Å². The van der Waals surface area contributed by atoms with Crippen molar-refractivity contribution in [2.75, 3.05) is 42.6 Å². The minimum absolute atomic E-state index is 0.167. The van der Waals surface area contributed by atoms with Crippen LogP contribution in [0.4, 0.5) is 29.3 Å². The van der Waals surface area contributed by atoms with Crippen molar-refractivity contribution < 1.29 is 22.8 Å². The van der Waals surface area contributed by atoms with Gasteiger partial charge in [0.05, 0.1) is 12.2 Å². The third-order valence-electron chi connectivity index (χ3n) is 6.01. The number of benzene rings is 2. The highest BCUT2D eigenvalue weighted by atomic mass is 19.4. The van der Waals surface area contributed by atoms with Gasteiger partial charge in [-0.05, 0) is 44.2 Å². The van der Waals surface area contributed by atoms with Gasteiger partial charge in [0, 0.05) is 37.6 Å². The largest absolute Gasteiger partial charge is 0.416 e. The molecular formula is C23H25F3N4O2. The maximum Gasteiger partial charge on any atom is 0.416 e. The number of hydrogen-bond acceptors (Lipinski definition) is 4. The van der Waals surface area contributed by atoms with Gasteiger partial charge in [0.2, 0.25) is 0 Å². The standard InChI is InChI=1S/C23H25F3N4O2/c1-16-6-8-19(9-7-16)30-17(2)21(31)29(22(30)32)15-27-10-12-28(13-11-27)20-5-3-4-18(14-20)23(24,25)26/h3-9,14,17H,10-13,15H2,1-2H3. The quantitative estimate of drug-likeness (QED) is 0.668. The molecule has 1 atom stereocenters. The predicted octanol–water partition coefficient (Wildman–Crippen LogP) is 3.95. The number of piperazine rings is 1. The molecule has 2 aliphatic heterocycles. The Hall–Kier alpha value is -3.07. The lowest BCUT2D eigenvalue weighted by Gasteiger charge is -2.37. The predicted molar refractivity (Wildman–Crippen MR) is 115 cm³/mol. The van der Waals surface area contributed by atoms with E-state index < -0.39 is 17.8 Å². The van der Waals surface area contributed by atoms with E-state index in [1.165, 1.54) is 15.9 Å². The zero-order valence-corrected chi connectivity index (χ0v) is 18.0. The lowest BCUT2D eigenvalue weighted by atomic mass is 10.1. The number of amides is 3. The Morgan fingerprint density at radius 2 is 1.59 bits per heavy atom. The summed E-state index contributed by atoms with van der Waals surface area (Å²) in [5, 5.41) is 0. The van der Waals surface area contributed by atoms with Crippen LogP contribution < -0.4 is 9.80 Å². The van der Waals surface area contributed by atoms with Gasteiger partial charge in [-0.25, -0.2) is 9.69 Å². The smallest absolute Gasteiger partial charge is 0.369 e. The summed E-state index contributed by atoms with van der Waals surface area (Å²) in [4.78, 5) is 32.4. The summed E-state index contributed by atoms with van der Waals surface area (Å²) in [5.74, 6) is -0.254. The number of aryl methyl sites for hydroxylation is 1. The van der Waals surface area contributed by atoms with Gasteiger partial charge in [0.25, 0.3) is 5.91 Å². The van der Waals surface area contributed by atoms with Gasteiger partial charge in [-0.15, -0.1) is 0 Å². The molecule has 3 amide bonds. The molecular weight excluding hydrogens is 421 g/mol. The topological polar surface area (TPSA) is 47.1 Å². The summed E-state index contributed by atoms with van der Waals surface area (Å²) in [6, 6.07) is 11.8. The van der Waals surface area contributed by atoms with Gasteiger partial charge < -0.3 is 4.90 Å². The van der Waals surface area contributed by atoms with Crippen LogP contribution in [0.25, 0.3) is 0 Å². The van der Waals surface area contributed by atoms with E-state index >= 15 is 0 Å². The van der Waals surface area contributed by atoms with Crippen LogP contribution >= 0.6 is 0 Å². The van der Waals surface area contributed by atoms with Crippen molar-refractivity contribution in [2.45, 2.75) is 26.1 Å². The Labute approximate surface area is 184 Å². The highest BCUT2D eigenvalue weighted by Crippen LogP contribution is 2.32. The Bertz CT molecular complexity index is 1000. The van der Waals surface area contributed by atoms with E-state index in [0.29, 0.717) is 37.6 Å². The SMILES string of the molecule is Cc1ccc(N2C(=O)N(CN3CCN(c4cccc(C(F)(F)F)c4)CC3)C(=O)C2C)cc1. The van der Waals surface area contributed by atoms with Gasteiger partial charge in [-0.3, -0.25) is 14.6 Å². The summed E-state index contributed by atoms with van der Waals surface area (Å²) in [7, 11) is 0. The second kappa shape index (κ2) is 8.46. The molecule has 0 N–H and O–H groups in total. The molecule has 4 rings (SSSR count). The van der Waals surface area contributed by atoms with E-state index in [9.17, 15) is 22.8 Å². The number of carbonyl (C=O) groups is 2. The highest BCUT2D eigenvalue weighted by Gasteiger charge is 2.44. The van der Waals surface area contributed by atoms with Crippen molar-refractivity contribution in [3.05, 3.63) is 59.7 Å². The van der Waals surface area contributed by atoms with Crippen LogP contribution in [-0.4, -0.2) is 60.6 Å². The summed E-state index contributed by atoms with van der Waals surface area (Å²) in [6.45, 7) is 5.92. The van der Waals surface area contributed by atoms with Crippen molar-refractivity contribution in [2.24, 2.45) is 0 Å². The molecule has 2 fully saturated rings. The number of carbonyl (C=O) groups excluding carboxylic acids is 2. The second-order valence-electron chi connectivity index (χ2n) is 8.22. The molecule has 9 heteroatoms. The van der Waals surface area contributed by atoms with E-state index in [-0.39, 0.29) is 18.6 Å². The van der Waals surface area contributed by atoms with Crippen molar-refractivity contribution in [1.82, 2.24) is 9.80 Å². The Morgan fingerprint density at radius 3 is 2.22 bits per heavy atom. The summed E-state index contributed by atoms with van der Waals surface area (Å²) in [5.41, 5.74) is 1.59. The molecule has 0 aliphatic carbocycles. The second-order valence-corrected chi connectivity index (χ2v) is 8.22. The number of halogens is 3. The van der Waals surface area contributed by atoms with Crippen LogP contribution in [0.15, 0.2) is 48.5 Å². The molecule has 0 aromatic heterocycles. The van der Waals surface area contributed by atoms with Gasteiger partial charge >= 0.3 is 12.2 Å². The van der Waals surface area contributed by atoms with Crippen LogP contribution in [0.2, 0.25) is 0 Å². The van der Waals surface area contributed by atoms with Gasteiger partial charge in [0.1, 0.15) is 6.04 Å². The number of imide groups is 1. The van der Waals surface area contributed by atoms with Crippen LogP contribution in [0.5, 0.6) is 0 Å². The summed E-state index contributed by atoms with van der Waals surface area (Å²) in [6.07, 6.45) is -4.38. The number of anilines is 2. The summed E-state index contributed by atoms with van der Waals surface area (Å²) < 4.78 is 39.0. The molecule has 0 radical (unpaired) electrons. The molecule has 0 saturated carbocycles. The molecule has 2 aromatic carbocycles. The maximum absolute atomic E-state index is 13.0. The fraction of sp³-hybridized carbons (Fsp3) is 0.391. The minimum atomic E-state index is -4.38. The Morgan fingerprint density at radius 1 is 0.938 bits per heavy atom. The fourth-order valence-corrected chi connectivity index (χ4v) is 4.12. The average molecular weight is 446 g/mol. The Kier molecular flexibility index (Phi) is 5.85. The average Bonchev–Trinajstić information content (AvgIpc) is 2.98. The first kappa shape index (κ1) is 22.1. The zero-order chi connectivity index (χ0) is 23.0. The van der Waals surface area contributed by atoms with E-state index in [1.54, 1.807) is 13.0 Å². The van der Waals surface area contributed by atoms with E-state index in [1.807, 2.05) is 41.0 Å². The molecule has 6 nitrogen and oxygen atoms in total. The molecule has 2 saturated heterocycles. The number of urea groups is 1. The van der Waals surface area contributed by atoms with Crippen LogP contribution in [0.1, 0.15) is 18.1 Å². The van der Waals surface area contributed by atoms with Crippen molar-refractivity contribution in [3.8, 4) is 0 Å². The minimum Gasteiger partial charge on any atom is -0.369 e. The first-order valence-electron chi connectivity index (χ1n) is 10.5. The molecule has 0 spiro atoms. The molecule has 32 heavy (non-hydrogen) atoms. The molecule has 170 valence electrons. The first-order valence-corrected chi connectivity index (χ1v) is 10.5. The number of hydrogen-bond donors (Lipinski definition) is 0. The third-order valence-corrected chi connectivity index (χ3v) is 6.01. The van der Waals surface area contributed by atoms with E-state index in [2.05, 4.69) is 0 Å². The van der Waals surface area contributed by atoms with Crippen molar-refractivity contribution in [1.29, 1.82) is 0 Å². The van der Waals surface area contributed by atoms with Crippen LogP contribution in [-0.2, 0) is 11.0 Å². The highest BCUT2D eigenvalue weighted by molar-refractivity contribution is 6.14. The molecule has 2 heterocycles. The van der Waals surface area contributed by atoms with Gasteiger partial charge in [-0.2, -0.15) is 13.2 Å². The lowest BCUT2D eigenvalue weighted by molar-refractivity contribution is -0.137. The van der Waals surface area contributed by atoms with Gasteiger partial charge in [-0.1, -0.05) is 23.8 Å². The molecule has 1 unspecified atom stereocenters. The molecule has 2 aliphatic rings. The normalized spacial score (nSPS) is 20.4. The summed E-state index contributed by atoms with van der Waals surface area (Å²) >= 11 is 0. The van der Waals surface area contributed by atoms with Crippen LogP contribution in [0.3, 0.4) is 0 Å². The zero-order valence-electron chi connectivity index (χ0n) is 18.0. The van der Waals surface area contributed by atoms with Crippen LogP contribution in [0, 0.1) is 6.92 Å². The van der Waals surface area contributed by atoms with E-state index in [0.717, 1.165) is 17.7 Å². The number of rotatable bonds is 4. The molecule has 0 bridgehead atoms. The fourth-order valence-electron chi connectivity index (χ4n) is 4.12. The lowest BCUT2D eigenvalue weighted by Crippen LogP contribution is -2.51. The Balaban J connectivity index is 1.39. The monoisotopic (exact) mass is 446 g/mol. The first-order chi connectivity index (χ1) is 15.1. The number of alkyl halides is 3.